The summed E-state index contributed by atoms with van der Waals surface area (Å²) < 4.78 is 3.93. The second-order valence-corrected chi connectivity index (χ2v) is 6.49. The molecule has 0 bridgehead atoms. The minimum atomic E-state index is 0.554. The van der Waals surface area contributed by atoms with E-state index in [0.717, 1.165) is 34.2 Å². The highest BCUT2D eigenvalue weighted by Gasteiger charge is 2.23. The molecule has 0 aromatic carbocycles. The molecule has 0 spiro atoms. The first-order valence-corrected chi connectivity index (χ1v) is 8.50. The maximum absolute atomic E-state index is 4.76. The third-order valence-electron chi connectivity index (χ3n) is 4.41. The Balaban J connectivity index is 1.66. The molecule has 1 saturated carbocycles. The first-order chi connectivity index (χ1) is 12.3. The van der Waals surface area contributed by atoms with Gasteiger partial charge in [0.25, 0.3) is 0 Å². The van der Waals surface area contributed by atoms with Gasteiger partial charge in [-0.05, 0) is 44.0 Å². The van der Waals surface area contributed by atoms with Gasteiger partial charge in [-0.15, -0.1) is 5.10 Å². The van der Waals surface area contributed by atoms with Gasteiger partial charge < -0.3 is 9.72 Å². The Morgan fingerprint density at radius 3 is 2.92 bits per heavy atom. The van der Waals surface area contributed by atoms with Crippen molar-refractivity contribution >= 4 is 11.5 Å². The summed E-state index contributed by atoms with van der Waals surface area (Å²) in [4.78, 5) is 8.96. The van der Waals surface area contributed by atoms with Crippen molar-refractivity contribution in [1.29, 1.82) is 0 Å². The van der Waals surface area contributed by atoms with Crippen LogP contribution < -0.4 is 5.32 Å². The minimum absolute atomic E-state index is 0.554. The Labute approximate surface area is 145 Å². The number of nitrogens with one attached hydrogen (secondary N) is 1. The number of fused-ring (bicyclic) bond motifs is 1. The van der Waals surface area contributed by atoms with E-state index in [1.54, 1.807) is 6.20 Å². The topological polar surface area (TPSA) is 60.0 Å². The van der Waals surface area contributed by atoms with Gasteiger partial charge in [0.2, 0.25) is 0 Å². The van der Waals surface area contributed by atoms with Crippen LogP contribution in [0.2, 0.25) is 0 Å². The number of rotatable bonds is 4. The van der Waals surface area contributed by atoms with Crippen LogP contribution >= 0.6 is 0 Å². The van der Waals surface area contributed by atoms with E-state index in [1.165, 1.54) is 12.8 Å². The first-order valence-electron chi connectivity index (χ1n) is 8.50. The monoisotopic (exact) mass is 330 g/mol. The van der Waals surface area contributed by atoms with E-state index in [1.807, 2.05) is 46.5 Å². The quantitative estimate of drug-likeness (QED) is 0.622. The smallest absolute Gasteiger partial charge is 0.154 e. The van der Waals surface area contributed by atoms with Gasteiger partial charge in [-0.25, -0.2) is 14.6 Å². The molecular formula is C19H18N6. The summed E-state index contributed by atoms with van der Waals surface area (Å²) in [5, 5.41) is 8.25. The Hall–Kier alpha value is -3.15. The number of aryl methyl sites for hydroxylation is 1. The largest absolute Gasteiger partial charge is 0.366 e. The summed E-state index contributed by atoms with van der Waals surface area (Å²) >= 11 is 0. The van der Waals surface area contributed by atoms with E-state index in [-0.39, 0.29) is 0 Å². The van der Waals surface area contributed by atoms with E-state index >= 15 is 0 Å². The van der Waals surface area contributed by atoms with Gasteiger partial charge in [0.15, 0.2) is 5.82 Å². The van der Waals surface area contributed by atoms with Gasteiger partial charge in [0.1, 0.15) is 11.5 Å². The Kier molecular flexibility index (Phi) is 3.09. The van der Waals surface area contributed by atoms with Crippen molar-refractivity contribution in [2.45, 2.75) is 25.8 Å². The van der Waals surface area contributed by atoms with Crippen LogP contribution in [-0.2, 0) is 0 Å². The molecule has 1 N–H and O–H groups in total. The maximum atomic E-state index is 4.76. The minimum Gasteiger partial charge on any atom is -0.366 e. The highest BCUT2D eigenvalue weighted by Crippen LogP contribution is 2.29. The number of nitrogens with zero attached hydrogens (tertiary/aromatic N) is 5. The molecule has 1 aliphatic carbocycles. The average molecular weight is 330 g/mol. The Morgan fingerprint density at radius 1 is 1.16 bits per heavy atom. The number of pyridine rings is 2. The molecule has 6 nitrogen and oxygen atoms in total. The number of imidazole rings is 1. The molecule has 0 radical (unpaired) electrons. The number of aromatic nitrogens is 5. The fourth-order valence-electron chi connectivity index (χ4n) is 2.99. The SMILES string of the molecule is Cc1cccc(-n2nc(NC3CC3)cc2-c2ccc3nccn3c2)n1. The molecule has 5 rings (SSSR count). The summed E-state index contributed by atoms with van der Waals surface area (Å²) in [6.45, 7) is 1.99. The van der Waals surface area contributed by atoms with Crippen LogP contribution in [-0.4, -0.2) is 30.2 Å². The van der Waals surface area contributed by atoms with Crippen molar-refractivity contribution in [2.75, 3.05) is 5.32 Å². The van der Waals surface area contributed by atoms with Crippen LogP contribution in [0, 0.1) is 6.92 Å². The summed E-state index contributed by atoms with van der Waals surface area (Å²) in [6.07, 6.45) is 8.26. The van der Waals surface area contributed by atoms with Crippen molar-refractivity contribution < 1.29 is 0 Å². The van der Waals surface area contributed by atoms with Crippen LogP contribution in [0.4, 0.5) is 5.82 Å². The predicted molar refractivity (Wildman–Crippen MR) is 96.9 cm³/mol. The molecule has 124 valence electrons. The molecule has 1 fully saturated rings. The summed E-state index contributed by atoms with van der Waals surface area (Å²) in [6, 6.07) is 12.7. The summed E-state index contributed by atoms with van der Waals surface area (Å²) in [7, 11) is 0. The number of anilines is 1. The second kappa shape index (κ2) is 5.44. The van der Waals surface area contributed by atoms with Crippen LogP contribution in [0.5, 0.6) is 0 Å². The van der Waals surface area contributed by atoms with Crippen molar-refractivity contribution in [2.24, 2.45) is 0 Å². The summed E-state index contributed by atoms with van der Waals surface area (Å²) in [5.41, 5.74) is 3.99. The zero-order valence-electron chi connectivity index (χ0n) is 13.9. The number of hydrogen-bond donors (Lipinski definition) is 1. The van der Waals surface area contributed by atoms with Crippen molar-refractivity contribution in [1.82, 2.24) is 24.1 Å². The van der Waals surface area contributed by atoms with Crippen LogP contribution in [0.15, 0.2) is 55.0 Å². The molecule has 25 heavy (non-hydrogen) atoms. The van der Waals surface area contributed by atoms with E-state index in [9.17, 15) is 0 Å². The third-order valence-corrected chi connectivity index (χ3v) is 4.41. The fraction of sp³-hybridized carbons (Fsp3) is 0.211. The van der Waals surface area contributed by atoms with Crippen LogP contribution in [0.3, 0.4) is 0 Å². The first kappa shape index (κ1) is 14.2. The van der Waals surface area contributed by atoms with E-state index in [2.05, 4.69) is 33.6 Å². The molecule has 0 atom stereocenters. The number of hydrogen-bond acceptors (Lipinski definition) is 4. The molecule has 0 unspecified atom stereocenters. The van der Waals surface area contributed by atoms with E-state index in [4.69, 9.17) is 5.10 Å². The zero-order chi connectivity index (χ0) is 16.8. The molecule has 4 heterocycles. The highest BCUT2D eigenvalue weighted by atomic mass is 15.4. The van der Waals surface area contributed by atoms with E-state index < -0.39 is 0 Å². The lowest BCUT2D eigenvalue weighted by atomic mass is 10.2. The molecule has 6 heteroatoms. The van der Waals surface area contributed by atoms with Gasteiger partial charge in [-0.3, -0.25) is 0 Å². The molecule has 1 aliphatic rings. The maximum Gasteiger partial charge on any atom is 0.154 e. The lowest BCUT2D eigenvalue weighted by Crippen LogP contribution is -2.05. The molecular weight excluding hydrogens is 312 g/mol. The highest BCUT2D eigenvalue weighted by molar-refractivity contribution is 5.66. The molecule has 4 aromatic heterocycles. The summed E-state index contributed by atoms with van der Waals surface area (Å²) in [5.74, 6) is 1.72. The average Bonchev–Trinajstić information content (AvgIpc) is 3.14. The lowest BCUT2D eigenvalue weighted by Gasteiger charge is -2.07. The predicted octanol–water partition coefficient (Wildman–Crippen LogP) is 3.46. The Bertz CT molecular complexity index is 1060. The Morgan fingerprint density at radius 2 is 2.08 bits per heavy atom. The van der Waals surface area contributed by atoms with Gasteiger partial charge in [0.05, 0.1) is 5.69 Å². The molecule has 0 saturated heterocycles. The van der Waals surface area contributed by atoms with Gasteiger partial charge in [-0.1, -0.05) is 6.07 Å². The standard InChI is InChI=1S/C19H18N6/c1-13-3-2-4-19(21-13)25-16(11-17(23-25)22-15-6-7-15)14-5-8-18-20-9-10-24(18)12-14/h2-5,8-12,15H,6-7H2,1H3,(H,22,23). The second-order valence-electron chi connectivity index (χ2n) is 6.49. The zero-order valence-corrected chi connectivity index (χ0v) is 13.9. The lowest BCUT2D eigenvalue weighted by molar-refractivity contribution is 0.845. The van der Waals surface area contributed by atoms with Gasteiger partial charge in [-0.2, -0.15) is 0 Å². The van der Waals surface area contributed by atoms with Crippen LogP contribution in [0.25, 0.3) is 22.7 Å². The van der Waals surface area contributed by atoms with Crippen molar-refractivity contribution in [3.05, 3.63) is 60.7 Å². The van der Waals surface area contributed by atoms with Gasteiger partial charge in [0, 0.05) is 42.0 Å². The molecule has 4 aromatic rings. The van der Waals surface area contributed by atoms with Gasteiger partial charge >= 0.3 is 0 Å². The normalized spacial score (nSPS) is 14.1. The van der Waals surface area contributed by atoms with E-state index in [0.29, 0.717) is 6.04 Å². The van der Waals surface area contributed by atoms with Crippen molar-refractivity contribution in [3.8, 4) is 17.1 Å². The fourth-order valence-corrected chi connectivity index (χ4v) is 2.99. The molecule has 0 aliphatic heterocycles. The van der Waals surface area contributed by atoms with Crippen molar-refractivity contribution in [3.63, 3.8) is 0 Å². The van der Waals surface area contributed by atoms with Crippen LogP contribution in [0.1, 0.15) is 18.5 Å². The molecule has 0 amide bonds. The third kappa shape index (κ3) is 2.65.